The van der Waals surface area contributed by atoms with Crippen LogP contribution in [0, 0.1) is 35.5 Å². The molecule has 0 aromatic heterocycles. The van der Waals surface area contributed by atoms with Crippen molar-refractivity contribution in [3.63, 3.8) is 0 Å². The second-order valence-corrected chi connectivity index (χ2v) is 9.59. The van der Waals surface area contributed by atoms with Crippen LogP contribution in [0.25, 0.3) is 0 Å². The molecule has 6 atom stereocenters. The van der Waals surface area contributed by atoms with Crippen LogP contribution in [0.5, 0.6) is 0 Å². The molecule has 3 heteroatoms. The third-order valence-electron chi connectivity index (χ3n) is 6.28. The minimum absolute atomic E-state index is 0.388. The summed E-state index contributed by atoms with van der Waals surface area (Å²) >= 11 is 0. The van der Waals surface area contributed by atoms with Gasteiger partial charge in [-0.25, -0.2) is 0 Å². The molecule has 0 spiro atoms. The molecule has 2 nitrogen and oxygen atoms in total. The van der Waals surface area contributed by atoms with Crippen LogP contribution in [-0.4, -0.2) is 12.2 Å². The maximum atomic E-state index is 6.24. The Morgan fingerprint density at radius 1 is 0.696 bits per heavy atom. The average molecular weight is 341 g/mol. The Hall–Kier alpha value is 0.350. The molecule has 2 aliphatic carbocycles. The SMILES string of the molecule is CC1CCC(C(C)C)C(O[P]OC2CC(C)CCC2C(C)C)C1. The van der Waals surface area contributed by atoms with Crippen molar-refractivity contribution in [2.45, 2.75) is 92.3 Å². The zero-order chi connectivity index (χ0) is 17.0. The van der Waals surface area contributed by atoms with E-state index in [1.165, 1.54) is 38.5 Å². The first kappa shape index (κ1) is 19.7. The van der Waals surface area contributed by atoms with Crippen LogP contribution < -0.4 is 0 Å². The largest absolute Gasteiger partial charge is 0.324 e. The maximum absolute atomic E-state index is 6.24. The van der Waals surface area contributed by atoms with Gasteiger partial charge >= 0.3 is 0 Å². The van der Waals surface area contributed by atoms with Gasteiger partial charge in [-0.15, -0.1) is 0 Å². The Morgan fingerprint density at radius 2 is 1.09 bits per heavy atom. The molecule has 0 aromatic carbocycles. The van der Waals surface area contributed by atoms with E-state index in [2.05, 4.69) is 41.5 Å². The summed E-state index contributed by atoms with van der Waals surface area (Å²) in [5, 5.41) is 0. The molecule has 0 bridgehead atoms. The van der Waals surface area contributed by atoms with Gasteiger partial charge in [0.2, 0.25) is 0 Å². The molecule has 0 N–H and O–H groups in total. The van der Waals surface area contributed by atoms with E-state index in [1.54, 1.807) is 0 Å². The van der Waals surface area contributed by atoms with Crippen molar-refractivity contribution in [1.82, 2.24) is 0 Å². The average Bonchev–Trinajstić information content (AvgIpc) is 2.46. The standard InChI is InChI=1S/C20H38O2P/c1-13(2)17-9-7-15(5)11-19(17)21-23-22-20-12-16(6)8-10-18(20)14(3)4/h13-20H,7-12H2,1-6H3. The first-order valence-electron chi connectivity index (χ1n) is 9.90. The molecule has 0 amide bonds. The highest BCUT2D eigenvalue weighted by molar-refractivity contribution is 7.26. The summed E-state index contributed by atoms with van der Waals surface area (Å²) in [6.45, 7) is 14.1. The quantitative estimate of drug-likeness (QED) is 0.499. The van der Waals surface area contributed by atoms with Gasteiger partial charge in [0.1, 0.15) is 0 Å². The lowest BCUT2D eigenvalue weighted by molar-refractivity contribution is 0.0172. The van der Waals surface area contributed by atoms with Crippen LogP contribution in [0.1, 0.15) is 80.1 Å². The Labute approximate surface area is 146 Å². The van der Waals surface area contributed by atoms with Crippen molar-refractivity contribution >= 4 is 9.03 Å². The number of rotatable bonds is 6. The summed E-state index contributed by atoms with van der Waals surface area (Å²) in [6, 6.07) is 0. The third kappa shape index (κ3) is 5.68. The normalized spacial score (nSPS) is 39.7. The fourth-order valence-electron chi connectivity index (χ4n) is 4.61. The smallest absolute Gasteiger partial charge is 0.257 e. The van der Waals surface area contributed by atoms with Crippen molar-refractivity contribution in [1.29, 1.82) is 0 Å². The van der Waals surface area contributed by atoms with E-state index in [9.17, 15) is 0 Å². The fraction of sp³-hybridized carbons (Fsp3) is 1.00. The molecule has 0 aliphatic heterocycles. The fourth-order valence-corrected chi connectivity index (χ4v) is 5.36. The van der Waals surface area contributed by atoms with Crippen molar-refractivity contribution in [2.75, 3.05) is 0 Å². The van der Waals surface area contributed by atoms with E-state index >= 15 is 0 Å². The van der Waals surface area contributed by atoms with Crippen molar-refractivity contribution in [3.05, 3.63) is 0 Å². The summed E-state index contributed by atoms with van der Waals surface area (Å²) in [5.41, 5.74) is 0. The summed E-state index contributed by atoms with van der Waals surface area (Å²) in [4.78, 5) is 0. The second kappa shape index (κ2) is 9.16. The summed E-state index contributed by atoms with van der Waals surface area (Å²) < 4.78 is 12.5. The highest BCUT2D eigenvalue weighted by Crippen LogP contribution is 2.42. The molecule has 0 saturated heterocycles. The van der Waals surface area contributed by atoms with Crippen molar-refractivity contribution < 1.29 is 9.05 Å². The first-order valence-corrected chi connectivity index (χ1v) is 10.6. The number of hydrogen-bond acceptors (Lipinski definition) is 2. The second-order valence-electron chi connectivity index (χ2n) is 9.01. The molecule has 2 fully saturated rings. The number of hydrogen-bond donors (Lipinski definition) is 0. The highest BCUT2D eigenvalue weighted by atomic mass is 31.1. The third-order valence-corrected chi connectivity index (χ3v) is 6.99. The van der Waals surface area contributed by atoms with Crippen LogP contribution in [0.4, 0.5) is 0 Å². The molecule has 0 heterocycles. The Kier molecular flexibility index (Phi) is 7.83. The highest BCUT2D eigenvalue weighted by Gasteiger charge is 2.34. The molecule has 2 rings (SSSR count). The van der Waals surface area contributed by atoms with Gasteiger partial charge < -0.3 is 9.05 Å². The van der Waals surface area contributed by atoms with Crippen LogP contribution in [0.15, 0.2) is 0 Å². The van der Waals surface area contributed by atoms with E-state index in [-0.39, 0.29) is 0 Å². The van der Waals surface area contributed by atoms with Crippen LogP contribution in [-0.2, 0) is 9.05 Å². The molecule has 135 valence electrons. The first-order chi connectivity index (χ1) is 10.9. The Bertz CT molecular complexity index is 313. The van der Waals surface area contributed by atoms with Gasteiger partial charge in [-0.3, -0.25) is 0 Å². The monoisotopic (exact) mass is 341 g/mol. The Morgan fingerprint density at radius 3 is 1.43 bits per heavy atom. The Balaban J connectivity index is 1.83. The zero-order valence-corrected chi connectivity index (χ0v) is 17.0. The van der Waals surface area contributed by atoms with Gasteiger partial charge in [0.25, 0.3) is 9.03 Å². The van der Waals surface area contributed by atoms with E-state index in [0.29, 0.717) is 35.9 Å². The minimum atomic E-state index is 0.388. The van der Waals surface area contributed by atoms with Crippen LogP contribution in [0.3, 0.4) is 0 Å². The molecule has 6 unspecified atom stereocenters. The molecular formula is C20H38O2P. The summed E-state index contributed by atoms with van der Waals surface area (Å²) in [7, 11) is 0.772. The van der Waals surface area contributed by atoms with Crippen molar-refractivity contribution in [3.8, 4) is 0 Å². The van der Waals surface area contributed by atoms with Crippen LogP contribution in [0.2, 0.25) is 0 Å². The molecule has 2 saturated carbocycles. The van der Waals surface area contributed by atoms with Gasteiger partial charge in [-0.1, -0.05) is 54.4 Å². The van der Waals surface area contributed by atoms with E-state index in [0.717, 1.165) is 20.9 Å². The summed E-state index contributed by atoms with van der Waals surface area (Å²) in [5.74, 6) is 4.41. The predicted molar refractivity (Wildman–Crippen MR) is 99.4 cm³/mol. The maximum Gasteiger partial charge on any atom is 0.257 e. The molecule has 2 aliphatic rings. The predicted octanol–water partition coefficient (Wildman–Crippen LogP) is 6.72. The lowest BCUT2D eigenvalue weighted by Gasteiger charge is -2.38. The van der Waals surface area contributed by atoms with Gasteiger partial charge in [0.05, 0.1) is 12.2 Å². The van der Waals surface area contributed by atoms with Gasteiger partial charge in [-0.05, 0) is 61.2 Å². The molecule has 0 aromatic rings. The topological polar surface area (TPSA) is 18.5 Å². The lowest BCUT2D eigenvalue weighted by atomic mass is 9.75. The van der Waals surface area contributed by atoms with Crippen molar-refractivity contribution in [2.24, 2.45) is 35.5 Å². The molecule has 1 radical (unpaired) electrons. The van der Waals surface area contributed by atoms with Crippen LogP contribution >= 0.6 is 9.03 Å². The van der Waals surface area contributed by atoms with Gasteiger partial charge in [0.15, 0.2) is 0 Å². The molecule has 23 heavy (non-hydrogen) atoms. The van der Waals surface area contributed by atoms with E-state index in [4.69, 9.17) is 9.05 Å². The van der Waals surface area contributed by atoms with Gasteiger partial charge in [0, 0.05) is 0 Å². The van der Waals surface area contributed by atoms with Gasteiger partial charge in [-0.2, -0.15) is 0 Å². The van der Waals surface area contributed by atoms with E-state index < -0.39 is 0 Å². The van der Waals surface area contributed by atoms with E-state index in [1.807, 2.05) is 0 Å². The zero-order valence-electron chi connectivity index (χ0n) is 16.1. The summed E-state index contributed by atoms with van der Waals surface area (Å²) in [6.07, 6.45) is 8.52. The minimum Gasteiger partial charge on any atom is -0.324 e. The molecular weight excluding hydrogens is 303 g/mol. The lowest BCUT2D eigenvalue weighted by Crippen LogP contribution is -2.34.